The highest BCUT2D eigenvalue weighted by molar-refractivity contribution is 7.07. The third kappa shape index (κ3) is 4.27. The molecule has 1 N–H and O–H groups in total. The lowest BCUT2D eigenvalue weighted by Crippen LogP contribution is -2.43. The zero-order valence-corrected chi connectivity index (χ0v) is 15.3. The number of hydrogen-bond donors (Lipinski definition) is 1. The summed E-state index contributed by atoms with van der Waals surface area (Å²) >= 11 is 1.63. The highest BCUT2D eigenvalue weighted by Crippen LogP contribution is 2.24. The van der Waals surface area contributed by atoms with Crippen molar-refractivity contribution in [3.63, 3.8) is 0 Å². The molecule has 0 saturated carbocycles. The fraction of sp³-hybridized carbons (Fsp3) is 0.389. The number of nitrogens with zero attached hydrogens (tertiary/aromatic N) is 2. The monoisotopic (exact) mass is 375 g/mol. The van der Waals surface area contributed by atoms with Crippen LogP contribution in [-0.2, 0) is 4.74 Å². The molecule has 8 heteroatoms. The number of nitrogens with one attached hydrogen (secondary N) is 1. The molecule has 1 unspecified atom stereocenters. The summed E-state index contributed by atoms with van der Waals surface area (Å²) in [5.41, 5.74) is 2.10. The molecule has 1 aromatic heterocycles. The topological polar surface area (TPSA) is 84.7 Å². The first-order valence-corrected chi connectivity index (χ1v) is 9.37. The second-order valence-electron chi connectivity index (χ2n) is 6.19. The number of benzene rings is 1. The Hall–Kier alpha value is -2.29. The number of ether oxygens (including phenoxy) is 1. The normalized spacial score (nSPS) is 16.2. The molecule has 0 radical (unpaired) electrons. The van der Waals surface area contributed by atoms with Crippen molar-refractivity contribution in [2.24, 2.45) is 0 Å². The molecule has 0 spiro atoms. The lowest BCUT2D eigenvalue weighted by Gasteiger charge is -2.34. The first-order chi connectivity index (χ1) is 12.6. The van der Waals surface area contributed by atoms with Crippen LogP contribution in [-0.4, -0.2) is 48.6 Å². The van der Waals surface area contributed by atoms with Crippen molar-refractivity contribution in [2.45, 2.75) is 13.0 Å². The fourth-order valence-corrected chi connectivity index (χ4v) is 3.81. The van der Waals surface area contributed by atoms with Gasteiger partial charge in [0.1, 0.15) is 0 Å². The first-order valence-electron chi connectivity index (χ1n) is 8.43. The van der Waals surface area contributed by atoms with Crippen molar-refractivity contribution in [1.82, 2.24) is 10.2 Å². The molecule has 138 valence electrons. The number of aryl methyl sites for hydroxylation is 1. The summed E-state index contributed by atoms with van der Waals surface area (Å²) < 4.78 is 5.42. The van der Waals surface area contributed by atoms with Crippen LogP contribution in [0.3, 0.4) is 0 Å². The van der Waals surface area contributed by atoms with Crippen LogP contribution in [0.5, 0.6) is 0 Å². The van der Waals surface area contributed by atoms with Gasteiger partial charge in [-0.15, -0.1) is 0 Å². The number of carbonyl (C=O) groups excluding carboxylic acids is 1. The Morgan fingerprint density at radius 1 is 1.38 bits per heavy atom. The number of rotatable bonds is 6. The van der Waals surface area contributed by atoms with Crippen LogP contribution in [0.2, 0.25) is 0 Å². The van der Waals surface area contributed by atoms with E-state index in [1.807, 2.05) is 5.38 Å². The van der Waals surface area contributed by atoms with Gasteiger partial charge in [0, 0.05) is 36.8 Å². The van der Waals surface area contributed by atoms with E-state index in [0.29, 0.717) is 30.9 Å². The van der Waals surface area contributed by atoms with Gasteiger partial charge < -0.3 is 10.1 Å². The number of nitro benzene ring substituents is 1. The smallest absolute Gasteiger partial charge is 0.272 e. The molecule has 1 aliphatic heterocycles. The number of hydrogen-bond acceptors (Lipinski definition) is 6. The van der Waals surface area contributed by atoms with Crippen molar-refractivity contribution >= 4 is 22.9 Å². The van der Waals surface area contributed by atoms with E-state index in [1.165, 1.54) is 17.7 Å². The Labute approximate surface area is 155 Å². The van der Waals surface area contributed by atoms with Gasteiger partial charge >= 0.3 is 0 Å². The van der Waals surface area contributed by atoms with Gasteiger partial charge in [-0.3, -0.25) is 19.8 Å². The van der Waals surface area contributed by atoms with Crippen molar-refractivity contribution in [3.8, 4) is 0 Å². The number of carbonyl (C=O) groups is 1. The van der Waals surface area contributed by atoms with E-state index in [2.05, 4.69) is 21.7 Å². The van der Waals surface area contributed by atoms with Gasteiger partial charge in [0.25, 0.3) is 11.6 Å². The minimum Gasteiger partial charge on any atom is -0.379 e. The third-order valence-corrected chi connectivity index (χ3v) is 5.23. The highest BCUT2D eigenvalue weighted by Gasteiger charge is 2.24. The van der Waals surface area contributed by atoms with E-state index < -0.39 is 4.92 Å². The molecule has 1 aliphatic rings. The summed E-state index contributed by atoms with van der Waals surface area (Å²) in [5.74, 6) is -0.225. The molecule has 1 fully saturated rings. The van der Waals surface area contributed by atoms with Gasteiger partial charge in [0.15, 0.2) is 0 Å². The summed E-state index contributed by atoms with van der Waals surface area (Å²) in [4.78, 5) is 25.3. The van der Waals surface area contributed by atoms with E-state index in [1.54, 1.807) is 24.3 Å². The molecule has 0 bridgehead atoms. The Balaban J connectivity index is 1.69. The summed E-state index contributed by atoms with van der Waals surface area (Å²) in [6.45, 7) is 5.15. The maximum Gasteiger partial charge on any atom is 0.272 e. The standard InChI is InChI=1S/C18H21N3O4S/c1-13-10-14(2-3-16(13)21(23)24)18(22)19-11-17(15-4-9-26-12-15)20-5-7-25-8-6-20/h2-4,9-10,12,17H,5-8,11H2,1H3,(H,19,22). The van der Waals surface area contributed by atoms with Crippen LogP contribution in [0.15, 0.2) is 35.0 Å². The molecular formula is C18H21N3O4S. The SMILES string of the molecule is Cc1cc(C(=O)NCC(c2ccsc2)N2CCOCC2)ccc1[N+](=O)[O-]. The Morgan fingerprint density at radius 2 is 2.15 bits per heavy atom. The molecule has 26 heavy (non-hydrogen) atoms. The van der Waals surface area contributed by atoms with E-state index in [4.69, 9.17) is 4.74 Å². The summed E-state index contributed by atoms with van der Waals surface area (Å²) in [7, 11) is 0. The van der Waals surface area contributed by atoms with E-state index in [9.17, 15) is 14.9 Å². The zero-order chi connectivity index (χ0) is 18.5. The van der Waals surface area contributed by atoms with Crippen molar-refractivity contribution in [1.29, 1.82) is 0 Å². The zero-order valence-electron chi connectivity index (χ0n) is 14.5. The van der Waals surface area contributed by atoms with Crippen LogP contribution < -0.4 is 5.32 Å². The lowest BCUT2D eigenvalue weighted by atomic mass is 10.1. The predicted molar refractivity (Wildman–Crippen MR) is 99.6 cm³/mol. The minimum atomic E-state index is -0.442. The van der Waals surface area contributed by atoms with Crippen molar-refractivity contribution in [3.05, 3.63) is 61.8 Å². The van der Waals surface area contributed by atoms with Crippen LogP contribution in [0.25, 0.3) is 0 Å². The maximum atomic E-state index is 12.5. The molecule has 0 aliphatic carbocycles. The van der Waals surface area contributed by atoms with Gasteiger partial charge in [0.05, 0.1) is 24.2 Å². The highest BCUT2D eigenvalue weighted by atomic mass is 32.1. The molecule has 3 rings (SSSR count). The lowest BCUT2D eigenvalue weighted by molar-refractivity contribution is -0.385. The second-order valence-corrected chi connectivity index (χ2v) is 6.97. The molecule has 1 atom stereocenters. The largest absolute Gasteiger partial charge is 0.379 e. The molecule has 1 amide bonds. The molecule has 1 saturated heterocycles. The Kier molecular flexibility index (Phi) is 5.97. The average molecular weight is 375 g/mol. The average Bonchev–Trinajstić information content (AvgIpc) is 3.16. The van der Waals surface area contributed by atoms with Gasteiger partial charge in [-0.25, -0.2) is 0 Å². The van der Waals surface area contributed by atoms with Gasteiger partial charge in [-0.05, 0) is 41.4 Å². The van der Waals surface area contributed by atoms with Gasteiger partial charge in [-0.2, -0.15) is 11.3 Å². The summed E-state index contributed by atoms with van der Waals surface area (Å²) in [5, 5.41) is 18.0. The number of morpholine rings is 1. The summed E-state index contributed by atoms with van der Waals surface area (Å²) in [6.07, 6.45) is 0. The van der Waals surface area contributed by atoms with Crippen molar-refractivity contribution < 1.29 is 14.5 Å². The van der Waals surface area contributed by atoms with Gasteiger partial charge in [0.2, 0.25) is 0 Å². The molecule has 1 aromatic carbocycles. The first kappa shape index (κ1) is 18.5. The number of nitro groups is 1. The van der Waals surface area contributed by atoms with Crippen molar-refractivity contribution in [2.75, 3.05) is 32.8 Å². The minimum absolute atomic E-state index is 0.0195. The predicted octanol–water partition coefficient (Wildman–Crippen LogP) is 2.77. The Morgan fingerprint density at radius 3 is 2.77 bits per heavy atom. The number of amides is 1. The molecule has 2 heterocycles. The molecule has 2 aromatic rings. The van der Waals surface area contributed by atoms with Crippen LogP contribution in [0.4, 0.5) is 5.69 Å². The van der Waals surface area contributed by atoms with E-state index >= 15 is 0 Å². The maximum absolute atomic E-state index is 12.5. The third-order valence-electron chi connectivity index (χ3n) is 4.53. The van der Waals surface area contributed by atoms with Crippen LogP contribution in [0.1, 0.15) is 27.5 Å². The molecule has 7 nitrogen and oxygen atoms in total. The Bertz CT molecular complexity index is 773. The van der Waals surface area contributed by atoms with Gasteiger partial charge in [-0.1, -0.05) is 0 Å². The number of thiophene rings is 1. The van der Waals surface area contributed by atoms with Crippen LogP contribution >= 0.6 is 11.3 Å². The fourth-order valence-electron chi connectivity index (χ4n) is 3.10. The summed E-state index contributed by atoms with van der Waals surface area (Å²) in [6, 6.07) is 6.60. The molecular weight excluding hydrogens is 354 g/mol. The van der Waals surface area contributed by atoms with Crippen LogP contribution in [0, 0.1) is 17.0 Å². The van der Waals surface area contributed by atoms with E-state index in [0.717, 1.165) is 13.1 Å². The second kappa shape index (κ2) is 8.39. The van der Waals surface area contributed by atoms with E-state index in [-0.39, 0.29) is 17.6 Å². The quantitative estimate of drug-likeness (QED) is 0.620.